The minimum atomic E-state index is -3.08. The van der Waals surface area contributed by atoms with Gasteiger partial charge >= 0.3 is 0 Å². The minimum Gasteiger partial charge on any atom is -0.618 e. The quantitative estimate of drug-likeness (QED) is 0.586. The first-order chi connectivity index (χ1) is 9.55. The molecule has 2 aromatic rings. The molecule has 8 heteroatoms. The van der Waals surface area contributed by atoms with Gasteiger partial charge in [0.15, 0.2) is 5.69 Å². The summed E-state index contributed by atoms with van der Waals surface area (Å²) in [7, 11) is 1.41. The largest absolute Gasteiger partial charge is 0.618 e. The van der Waals surface area contributed by atoms with E-state index in [0.29, 0.717) is 21.0 Å². The molecule has 0 aromatic carbocycles. The van der Waals surface area contributed by atoms with Crippen LogP contribution in [0.25, 0.3) is 11.4 Å². The van der Waals surface area contributed by atoms with Gasteiger partial charge in [0.05, 0.1) is 4.47 Å². The van der Waals surface area contributed by atoms with E-state index in [-0.39, 0.29) is 21.6 Å². The lowest BCUT2D eigenvalue weighted by Crippen LogP contribution is -2.34. The Morgan fingerprint density at radius 3 is 2.48 bits per heavy atom. The molecule has 0 radical (unpaired) electrons. The van der Waals surface area contributed by atoms with E-state index in [1.807, 2.05) is 0 Å². The number of hydrogen-bond acceptors (Lipinski definition) is 2. The summed E-state index contributed by atoms with van der Waals surface area (Å²) in [5.74, 6) is -3.08. The van der Waals surface area contributed by atoms with Crippen LogP contribution in [-0.4, -0.2) is 9.78 Å². The molecular formula is C13H13BrClF2N3O. The van der Waals surface area contributed by atoms with E-state index in [1.54, 1.807) is 19.9 Å². The summed E-state index contributed by atoms with van der Waals surface area (Å²) in [6, 6.07) is 1.62. The second-order valence-electron chi connectivity index (χ2n) is 4.93. The fraction of sp³-hybridized carbons (Fsp3) is 0.385. The van der Waals surface area contributed by atoms with Gasteiger partial charge in [0, 0.05) is 26.5 Å². The summed E-state index contributed by atoms with van der Waals surface area (Å²) in [4.78, 5) is 0. The van der Waals surface area contributed by atoms with E-state index in [9.17, 15) is 14.0 Å². The molecule has 21 heavy (non-hydrogen) atoms. The van der Waals surface area contributed by atoms with E-state index in [2.05, 4.69) is 21.0 Å². The summed E-state index contributed by atoms with van der Waals surface area (Å²) in [5.41, 5.74) is 0.936. The molecule has 0 spiro atoms. The average Bonchev–Trinajstić information content (AvgIpc) is 2.61. The molecular weight excluding hydrogens is 368 g/mol. The standard InChI is InChI=1S/C13H13BrClF2N3O/c1-6-5-8(15)7(2)20(21)11(6)10-9(14)12(13(3,16)17)19(4)18-10/h5H,1-4H3. The highest BCUT2D eigenvalue weighted by molar-refractivity contribution is 9.10. The van der Waals surface area contributed by atoms with Crippen molar-refractivity contribution < 1.29 is 13.5 Å². The molecule has 2 aromatic heterocycles. The van der Waals surface area contributed by atoms with Gasteiger partial charge in [-0.25, -0.2) is 0 Å². The van der Waals surface area contributed by atoms with E-state index >= 15 is 0 Å². The lowest BCUT2D eigenvalue weighted by Gasteiger charge is -2.11. The fourth-order valence-corrected chi connectivity index (χ4v) is 3.31. The lowest BCUT2D eigenvalue weighted by atomic mass is 10.1. The van der Waals surface area contributed by atoms with E-state index in [1.165, 1.54) is 7.05 Å². The van der Waals surface area contributed by atoms with Crippen molar-refractivity contribution in [2.24, 2.45) is 7.05 Å². The second-order valence-corrected chi connectivity index (χ2v) is 6.13. The van der Waals surface area contributed by atoms with Crippen molar-refractivity contribution in [3.05, 3.63) is 37.7 Å². The van der Waals surface area contributed by atoms with Crippen molar-refractivity contribution in [1.82, 2.24) is 9.78 Å². The third-order valence-corrected chi connectivity index (χ3v) is 4.33. The zero-order valence-electron chi connectivity index (χ0n) is 11.8. The van der Waals surface area contributed by atoms with Crippen molar-refractivity contribution in [1.29, 1.82) is 0 Å². The maximum absolute atomic E-state index is 13.7. The molecule has 114 valence electrons. The highest BCUT2D eigenvalue weighted by Gasteiger charge is 2.36. The monoisotopic (exact) mass is 379 g/mol. The van der Waals surface area contributed by atoms with Gasteiger partial charge in [-0.3, -0.25) is 4.68 Å². The number of nitrogens with zero attached hydrogens (tertiary/aromatic N) is 3. The predicted octanol–water partition coefficient (Wildman–Crippen LogP) is 3.86. The number of aryl methyl sites for hydroxylation is 2. The van der Waals surface area contributed by atoms with E-state index < -0.39 is 5.92 Å². The molecule has 0 unspecified atom stereocenters. The van der Waals surface area contributed by atoms with Crippen LogP contribution >= 0.6 is 27.5 Å². The van der Waals surface area contributed by atoms with Gasteiger partial charge in [0.1, 0.15) is 10.7 Å². The summed E-state index contributed by atoms with van der Waals surface area (Å²) >= 11 is 9.09. The normalized spacial score (nSPS) is 12.0. The van der Waals surface area contributed by atoms with Gasteiger partial charge in [-0.1, -0.05) is 11.6 Å². The van der Waals surface area contributed by atoms with Crippen molar-refractivity contribution in [3.8, 4) is 11.4 Å². The van der Waals surface area contributed by atoms with Gasteiger partial charge in [0.25, 0.3) is 5.92 Å². The number of alkyl halides is 2. The Morgan fingerprint density at radius 1 is 1.43 bits per heavy atom. The van der Waals surface area contributed by atoms with E-state index in [4.69, 9.17) is 11.6 Å². The molecule has 0 bridgehead atoms. The predicted molar refractivity (Wildman–Crippen MR) is 79.4 cm³/mol. The molecule has 0 amide bonds. The summed E-state index contributed by atoms with van der Waals surface area (Å²) in [5, 5.41) is 16.7. The molecule has 2 rings (SSSR count). The highest BCUT2D eigenvalue weighted by atomic mass is 79.9. The molecule has 0 N–H and O–H groups in total. The molecule has 0 atom stereocenters. The molecule has 0 fully saturated rings. The Labute approximate surface area is 134 Å². The Morgan fingerprint density at radius 2 is 2.00 bits per heavy atom. The Hall–Kier alpha value is -1.21. The molecule has 4 nitrogen and oxygen atoms in total. The first kappa shape index (κ1) is 16.2. The fourth-order valence-electron chi connectivity index (χ4n) is 2.20. The first-order valence-corrected chi connectivity index (χ1v) is 7.23. The number of halogens is 4. The molecule has 0 saturated carbocycles. The van der Waals surface area contributed by atoms with Gasteiger partial charge in [-0.05, 0) is 28.9 Å². The number of hydrogen-bond donors (Lipinski definition) is 0. The number of aromatic nitrogens is 3. The van der Waals surface area contributed by atoms with Crippen LogP contribution in [0, 0.1) is 19.1 Å². The van der Waals surface area contributed by atoms with Gasteiger partial charge in [0.2, 0.25) is 11.4 Å². The molecule has 0 saturated heterocycles. The minimum absolute atomic E-state index is 0.104. The SMILES string of the molecule is Cc1cc(Cl)c(C)[n+]([O-])c1-c1nn(C)c(C(C)(F)F)c1Br. The Kier molecular flexibility index (Phi) is 4.01. The van der Waals surface area contributed by atoms with Gasteiger partial charge in [-0.2, -0.15) is 18.6 Å². The highest BCUT2D eigenvalue weighted by Crippen LogP contribution is 2.38. The number of pyridine rings is 1. The summed E-state index contributed by atoms with van der Waals surface area (Å²) < 4.78 is 29.1. The smallest absolute Gasteiger partial charge is 0.287 e. The molecule has 0 aliphatic rings. The lowest BCUT2D eigenvalue weighted by molar-refractivity contribution is -0.601. The van der Waals surface area contributed by atoms with Crippen molar-refractivity contribution in [3.63, 3.8) is 0 Å². The zero-order chi connectivity index (χ0) is 16.1. The topological polar surface area (TPSA) is 44.8 Å². The van der Waals surface area contributed by atoms with Crippen LogP contribution in [0.3, 0.4) is 0 Å². The van der Waals surface area contributed by atoms with E-state index in [0.717, 1.165) is 11.6 Å². The van der Waals surface area contributed by atoms with Gasteiger partial charge in [-0.15, -0.1) is 0 Å². The van der Waals surface area contributed by atoms with Crippen LogP contribution in [0.5, 0.6) is 0 Å². The maximum Gasteiger partial charge on any atom is 0.287 e. The average molecular weight is 381 g/mol. The van der Waals surface area contributed by atoms with Crippen molar-refractivity contribution in [2.45, 2.75) is 26.7 Å². The third kappa shape index (κ3) is 2.64. The first-order valence-electron chi connectivity index (χ1n) is 6.06. The van der Waals surface area contributed by atoms with Crippen LogP contribution < -0.4 is 4.73 Å². The van der Waals surface area contributed by atoms with Crippen LogP contribution in [0.1, 0.15) is 23.9 Å². The van der Waals surface area contributed by atoms with Crippen LogP contribution in [0.4, 0.5) is 8.78 Å². The van der Waals surface area contributed by atoms with Crippen molar-refractivity contribution in [2.75, 3.05) is 0 Å². The third-order valence-electron chi connectivity index (χ3n) is 3.20. The summed E-state index contributed by atoms with van der Waals surface area (Å²) in [6.45, 7) is 4.02. The Balaban J connectivity index is 2.79. The number of rotatable bonds is 2. The van der Waals surface area contributed by atoms with Crippen LogP contribution in [0.2, 0.25) is 5.02 Å². The van der Waals surface area contributed by atoms with Crippen LogP contribution in [0.15, 0.2) is 10.5 Å². The molecule has 0 aliphatic heterocycles. The van der Waals surface area contributed by atoms with Crippen molar-refractivity contribution >= 4 is 27.5 Å². The Bertz CT molecular complexity index is 725. The maximum atomic E-state index is 13.7. The van der Waals surface area contributed by atoms with Crippen LogP contribution in [-0.2, 0) is 13.0 Å². The van der Waals surface area contributed by atoms with Gasteiger partial charge < -0.3 is 5.21 Å². The molecule has 2 heterocycles. The summed E-state index contributed by atoms with van der Waals surface area (Å²) in [6.07, 6.45) is 0. The zero-order valence-corrected chi connectivity index (χ0v) is 14.2. The molecule has 0 aliphatic carbocycles. The second kappa shape index (κ2) is 5.21.